The number of fused-ring (bicyclic) bond motifs is 5. The van der Waals surface area contributed by atoms with Crippen molar-refractivity contribution in [2.24, 2.45) is 0 Å². The van der Waals surface area contributed by atoms with Crippen molar-refractivity contribution < 1.29 is 4.74 Å². The minimum atomic E-state index is 0.609. The maximum absolute atomic E-state index is 6.31. The van der Waals surface area contributed by atoms with Crippen molar-refractivity contribution in [3.8, 4) is 73.6 Å². The SMILES string of the molecule is c1ccc(-c2ccc(-c3ccccc3-c3nc(-c4ccc5c(c4)Cc4ccccc4O5)nc(-c4ccc5c(c4)c4ccccc4n5-c4ccccc4)n3)cc2)cc1. The number of aromatic nitrogens is 4. The van der Waals surface area contributed by atoms with Crippen molar-refractivity contribution in [3.05, 3.63) is 205 Å². The standard InChI is InChI=1S/C52H34N4O/c1-3-13-34(14-4-1)35-23-25-36(26-24-35)42-18-8-9-20-44(42)52-54-50(38-28-30-49-40(32-38)31-37-15-7-12-22-48(37)57-49)53-51(55-52)39-27-29-47-45(33-39)43-19-10-11-21-46(43)56(47)41-16-5-2-6-17-41/h1-30,32-33H,31H2. The molecule has 0 unspecified atom stereocenters. The van der Waals surface area contributed by atoms with Gasteiger partial charge in [-0.1, -0.05) is 133 Å². The Kier molecular flexibility index (Phi) is 7.81. The molecule has 5 nitrogen and oxygen atoms in total. The molecule has 8 aromatic carbocycles. The van der Waals surface area contributed by atoms with Gasteiger partial charge in [0, 0.05) is 45.1 Å². The highest BCUT2D eigenvalue weighted by atomic mass is 16.5. The lowest BCUT2D eigenvalue weighted by molar-refractivity contribution is 0.460. The zero-order chi connectivity index (χ0) is 37.7. The second kappa shape index (κ2) is 13.6. The molecule has 0 saturated heterocycles. The Bertz CT molecular complexity index is 3120. The highest BCUT2D eigenvalue weighted by Gasteiger charge is 2.21. The fraction of sp³-hybridized carbons (Fsp3) is 0.0192. The van der Waals surface area contributed by atoms with Gasteiger partial charge in [-0.25, -0.2) is 15.0 Å². The Morgan fingerprint density at radius 3 is 1.75 bits per heavy atom. The molecule has 5 heteroatoms. The first-order chi connectivity index (χ1) is 28.2. The van der Waals surface area contributed by atoms with E-state index in [1.807, 2.05) is 24.3 Å². The quantitative estimate of drug-likeness (QED) is 0.171. The predicted molar refractivity (Wildman–Crippen MR) is 231 cm³/mol. The van der Waals surface area contributed by atoms with E-state index >= 15 is 0 Å². The van der Waals surface area contributed by atoms with Crippen molar-refractivity contribution in [3.63, 3.8) is 0 Å². The Balaban J connectivity index is 1.08. The van der Waals surface area contributed by atoms with Gasteiger partial charge in [0.1, 0.15) is 11.5 Å². The van der Waals surface area contributed by atoms with Crippen molar-refractivity contribution >= 4 is 21.8 Å². The lowest BCUT2D eigenvalue weighted by Crippen LogP contribution is -2.04. The summed E-state index contributed by atoms with van der Waals surface area (Å²) < 4.78 is 8.64. The first-order valence-corrected chi connectivity index (χ1v) is 19.2. The fourth-order valence-corrected chi connectivity index (χ4v) is 8.15. The number of hydrogen-bond acceptors (Lipinski definition) is 4. The zero-order valence-electron chi connectivity index (χ0n) is 30.9. The molecule has 0 N–H and O–H groups in total. The molecule has 3 heterocycles. The van der Waals surface area contributed by atoms with Gasteiger partial charge in [0.2, 0.25) is 0 Å². The molecule has 0 bridgehead atoms. The smallest absolute Gasteiger partial charge is 0.164 e. The van der Waals surface area contributed by atoms with Gasteiger partial charge in [-0.05, 0) is 88.5 Å². The molecule has 1 aliphatic heterocycles. The molecule has 10 aromatic rings. The fourth-order valence-electron chi connectivity index (χ4n) is 8.15. The van der Waals surface area contributed by atoms with Gasteiger partial charge in [-0.15, -0.1) is 0 Å². The molecule has 0 aliphatic carbocycles. The second-order valence-corrected chi connectivity index (χ2v) is 14.4. The van der Waals surface area contributed by atoms with Gasteiger partial charge in [0.05, 0.1) is 11.0 Å². The minimum Gasteiger partial charge on any atom is -0.457 e. The molecule has 1 aliphatic rings. The summed E-state index contributed by atoms with van der Waals surface area (Å²) in [6.45, 7) is 0. The third-order valence-corrected chi connectivity index (χ3v) is 10.9. The largest absolute Gasteiger partial charge is 0.457 e. The van der Waals surface area contributed by atoms with Crippen LogP contribution in [0.1, 0.15) is 11.1 Å². The van der Waals surface area contributed by atoms with E-state index in [1.165, 1.54) is 16.5 Å². The lowest BCUT2D eigenvalue weighted by atomic mass is 9.96. The summed E-state index contributed by atoms with van der Waals surface area (Å²) in [5.74, 6) is 3.60. The van der Waals surface area contributed by atoms with Crippen LogP contribution in [0.5, 0.6) is 11.5 Å². The zero-order valence-corrected chi connectivity index (χ0v) is 30.9. The van der Waals surface area contributed by atoms with Crippen LogP contribution in [0.3, 0.4) is 0 Å². The van der Waals surface area contributed by atoms with Crippen LogP contribution in [0.4, 0.5) is 0 Å². The molecular formula is C52H34N4O. The Morgan fingerprint density at radius 2 is 0.930 bits per heavy atom. The van der Waals surface area contributed by atoms with Gasteiger partial charge in [0.15, 0.2) is 17.5 Å². The molecule has 0 radical (unpaired) electrons. The average Bonchev–Trinajstić information content (AvgIpc) is 3.62. The topological polar surface area (TPSA) is 52.8 Å². The number of ether oxygens (including phenoxy) is 1. The maximum Gasteiger partial charge on any atom is 0.164 e. The first kappa shape index (κ1) is 32.8. The van der Waals surface area contributed by atoms with Crippen LogP contribution in [0, 0.1) is 0 Å². The van der Waals surface area contributed by atoms with E-state index in [-0.39, 0.29) is 0 Å². The molecule has 11 rings (SSSR count). The summed E-state index contributed by atoms with van der Waals surface area (Å²) in [4.78, 5) is 15.7. The van der Waals surface area contributed by atoms with Crippen LogP contribution in [0.2, 0.25) is 0 Å². The molecule has 0 saturated carbocycles. The summed E-state index contributed by atoms with van der Waals surface area (Å²) in [5.41, 5.74) is 12.9. The van der Waals surface area contributed by atoms with E-state index in [1.54, 1.807) is 0 Å². The van der Waals surface area contributed by atoms with Crippen molar-refractivity contribution in [2.75, 3.05) is 0 Å². The maximum atomic E-state index is 6.31. The van der Waals surface area contributed by atoms with E-state index in [2.05, 4.69) is 174 Å². The monoisotopic (exact) mass is 730 g/mol. The summed E-state index contributed by atoms with van der Waals surface area (Å²) in [5, 5.41) is 2.31. The Morgan fingerprint density at radius 1 is 0.368 bits per heavy atom. The average molecular weight is 731 g/mol. The van der Waals surface area contributed by atoms with E-state index in [0.29, 0.717) is 17.5 Å². The van der Waals surface area contributed by atoms with Gasteiger partial charge in [-0.3, -0.25) is 0 Å². The molecule has 0 atom stereocenters. The van der Waals surface area contributed by atoms with Gasteiger partial charge in [0.25, 0.3) is 0 Å². The predicted octanol–water partition coefficient (Wildman–Crippen LogP) is 13.0. The highest BCUT2D eigenvalue weighted by Crippen LogP contribution is 2.40. The van der Waals surface area contributed by atoms with Crippen molar-refractivity contribution in [1.82, 2.24) is 19.5 Å². The molecule has 268 valence electrons. The van der Waals surface area contributed by atoms with Crippen LogP contribution >= 0.6 is 0 Å². The Labute approximate surface area is 330 Å². The molecule has 0 fully saturated rings. The van der Waals surface area contributed by atoms with E-state index in [0.717, 1.165) is 79.0 Å². The summed E-state index contributed by atoms with van der Waals surface area (Å²) in [7, 11) is 0. The van der Waals surface area contributed by atoms with Crippen LogP contribution in [0.15, 0.2) is 194 Å². The number of para-hydroxylation sites is 3. The summed E-state index contributed by atoms with van der Waals surface area (Å²) >= 11 is 0. The second-order valence-electron chi connectivity index (χ2n) is 14.4. The number of rotatable bonds is 6. The number of hydrogen-bond donors (Lipinski definition) is 0. The van der Waals surface area contributed by atoms with Crippen LogP contribution < -0.4 is 4.74 Å². The minimum absolute atomic E-state index is 0.609. The van der Waals surface area contributed by atoms with Crippen LogP contribution in [-0.4, -0.2) is 19.5 Å². The summed E-state index contributed by atoms with van der Waals surface area (Å²) in [6, 6.07) is 67.7. The first-order valence-electron chi connectivity index (χ1n) is 19.2. The molecular weight excluding hydrogens is 697 g/mol. The van der Waals surface area contributed by atoms with E-state index in [9.17, 15) is 0 Å². The highest BCUT2D eigenvalue weighted by molar-refractivity contribution is 6.10. The van der Waals surface area contributed by atoms with Crippen LogP contribution in [0.25, 0.3) is 83.9 Å². The van der Waals surface area contributed by atoms with Crippen molar-refractivity contribution in [1.29, 1.82) is 0 Å². The molecule has 0 amide bonds. The van der Waals surface area contributed by atoms with E-state index < -0.39 is 0 Å². The Hall–Kier alpha value is -7.63. The van der Waals surface area contributed by atoms with Crippen LogP contribution in [-0.2, 0) is 6.42 Å². The number of nitrogens with zero attached hydrogens (tertiary/aromatic N) is 4. The summed E-state index contributed by atoms with van der Waals surface area (Å²) in [6.07, 6.45) is 0.772. The normalized spacial score (nSPS) is 11.9. The third kappa shape index (κ3) is 5.85. The molecule has 57 heavy (non-hydrogen) atoms. The van der Waals surface area contributed by atoms with Gasteiger partial charge in [-0.2, -0.15) is 0 Å². The van der Waals surface area contributed by atoms with Crippen molar-refractivity contribution in [2.45, 2.75) is 6.42 Å². The third-order valence-electron chi connectivity index (χ3n) is 10.9. The van der Waals surface area contributed by atoms with Gasteiger partial charge >= 0.3 is 0 Å². The van der Waals surface area contributed by atoms with E-state index in [4.69, 9.17) is 19.7 Å². The number of benzene rings is 8. The molecule has 2 aromatic heterocycles. The van der Waals surface area contributed by atoms with Gasteiger partial charge < -0.3 is 9.30 Å². The molecule has 0 spiro atoms. The lowest BCUT2D eigenvalue weighted by Gasteiger charge is -2.20.